The van der Waals surface area contributed by atoms with Crippen LogP contribution in [0.1, 0.15) is 52.0 Å². The van der Waals surface area contributed by atoms with Crippen LogP contribution in [0.15, 0.2) is 35.3 Å². The number of sulfonamides is 1. The van der Waals surface area contributed by atoms with E-state index in [1.165, 1.54) is 16.7 Å². The molecule has 0 saturated heterocycles. The molecule has 1 aliphatic carbocycles. The van der Waals surface area contributed by atoms with Gasteiger partial charge in [-0.1, -0.05) is 6.07 Å². The molecule has 220 valence electrons. The Morgan fingerprint density at radius 3 is 2.55 bits per heavy atom. The van der Waals surface area contributed by atoms with E-state index in [2.05, 4.69) is 15.3 Å². The molecule has 3 aromatic rings. The number of aromatic nitrogens is 3. The predicted octanol–water partition coefficient (Wildman–Crippen LogP) is 4.98. The second-order valence-electron chi connectivity index (χ2n) is 10.0. The van der Waals surface area contributed by atoms with Crippen molar-refractivity contribution in [2.75, 3.05) is 15.8 Å². The Morgan fingerprint density at radius 1 is 1.20 bits per heavy atom. The van der Waals surface area contributed by atoms with Gasteiger partial charge in [0.2, 0.25) is 16.0 Å². The van der Waals surface area contributed by atoms with Gasteiger partial charge >= 0.3 is 6.18 Å². The summed E-state index contributed by atoms with van der Waals surface area (Å²) >= 11 is 0. The summed E-state index contributed by atoms with van der Waals surface area (Å²) in [5, 5.41) is 3.83. The number of nitrogens with one attached hydrogen (secondary N) is 2. The largest absolute Gasteiger partial charge is 0.390 e. The van der Waals surface area contributed by atoms with Crippen LogP contribution in [0, 0.1) is 5.82 Å². The molecule has 1 aliphatic rings. The van der Waals surface area contributed by atoms with E-state index in [1.807, 2.05) is 4.72 Å². The molecule has 9 nitrogen and oxygen atoms in total. The van der Waals surface area contributed by atoms with E-state index >= 15 is 0 Å². The highest BCUT2D eigenvalue weighted by atomic mass is 35.5. The molecule has 1 fully saturated rings. The molecule has 15 heteroatoms. The van der Waals surface area contributed by atoms with Gasteiger partial charge in [-0.05, 0) is 63.3 Å². The van der Waals surface area contributed by atoms with E-state index in [0.717, 1.165) is 37.8 Å². The molecule has 4 rings (SSSR count). The highest BCUT2D eigenvalue weighted by Crippen LogP contribution is 2.28. The number of nitrogens with two attached hydrogens (primary N) is 1. The first-order valence-electron chi connectivity index (χ1n) is 12.5. The minimum absolute atomic E-state index is 0. The summed E-state index contributed by atoms with van der Waals surface area (Å²) in [5.74, 6) is -1.91. The summed E-state index contributed by atoms with van der Waals surface area (Å²) < 4.78 is 79.4. The van der Waals surface area contributed by atoms with Crippen molar-refractivity contribution in [2.24, 2.45) is 5.73 Å². The average molecular weight is 607 g/mol. The Morgan fingerprint density at radius 2 is 1.93 bits per heavy atom. The van der Waals surface area contributed by atoms with Crippen LogP contribution < -0.4 is 21.3 Å². The first kappa shape index (κ1) is 31.6. The third-order valence-electron chi connectivity index (χ3n) is 6.54. The lowest BCUT2D eigenvalue weighted by molar-refractivity contribution is -0.129. The molecule has 2 heterocycles. The maximum atomic E-state index is 14.8. The maximum absolute atomic E-state index is 14.8. The van der Waals surface area contributed by atoms with Gasteiger partial charge in [0.05, 0.1) is 17.9 Å². The van der Waals surface area contributed by atoms with Crippen molar-refractivity contribution in [3.63, 3.8) is 0 Å². The Balaban J connectivity index is 0.00000441. The molecule has 4 N–H and O–H groups in total. The Hall–Kier alpha value is -2.97. The number of anilines is 2. The highest BCUT2D eigenvalue weighted by molar-refractivity contribution is 7.92. The number of alkyl halides is 3. The number of nitrogens with zero attached hydrogens (tertiary/aromatic N) is 3. The van der Waals surface area contributed by atoms with Gasteiger partial charge in [-0.2, -0.15) is 18.2 Å². The molecule has 2 aromatic heterocycles. The van der Waals surface area contributed by atoms with Crippen LogP contribution in [0.4, 0.5) is 29.2 Å². The van der Waals surface area contributed by atoms with Crippen LogP contribution in [0.2, 0.25) is 0 Å². The van der Waals surface area contributed by atoms with Crippen molar-refractivity contribution >= 4 is 45.1 Å². The third-order valence-corrected chi connectivity index (χ3v) is 7.81. The summed E-state index contributed by atoms with van der Waals surface area (Å²) in [5.41, 5.74) is 5.79. The fourth-order valence-corrected chi connectivity index (χ4v) is 5.75. The van der Waals surface area contributed by atoms with Crippen molar-refractivity contribution in [3.05, 3.63) is 46.6 Å². The number of fused-ring (bicyclic) bond motifs is 1. The van der Waals surface area contributed by atoms with E-state index in [4.69, 9.17) is 5.73 Å². The monoisotopic (exact) mass is 606 g/mol. The fourth-order valence-electron chi connectivity index (χ4n) is 4.65. The minimum atomic E-state index is -4.67. The van der Waals surface area contributed by atoms with Crippen molar-refractivity contribution in [2.45, 2.75) is 70.3 Å². The standard InChI is InChI=1S/C25H30F4N6O3S.ClH/c1-14(2)35-22-16(13-31-24(33-22)32-18-5-3-4-17(30)12-18)10-19(23(35)36)15-6-7-21(20(26)11-15)34-39(37,38)9-8-25(27,28)29;/h6-7,10-11,13-14,17-18,34H,3-5,8-9,12,30H2,1-2H3,(H,31,32,33);1H/t17-,18-;/m0./s1. The average Bonchev–Trinajstić information content (AvgIpc) is 2.83. The highest BCUT2D eigenvalue weighted by Gasteiger charge is 2.30. The molecule has 0 radical (unpaired) electrons. The first-order chi connectivity index (χ1) is 18.2. The molecule has 2 atom stereocenters. The summed E-state index contributed by atoms with van der Waals surface area (Å²) in [6.07, 6.45) is -0.985. The molecule has 0 bridgehead atoms. The SMILES string of the molecule is CC(C)n1c(=O)c(-c2ccc(NS(=O)(=O)CCC(F)(F)F)c(F)c2)cc2cnc(N[C@H]3CCC[C@H](N)C3)nc21.Cl. The molecule has 1 saturated carbocycles. The van der Waals surface area contributed by atoms with Crippen molar-refractivity contribution in [3.8, 4) is 11.1 Å². The van der Waals surface area contributed by atoms with Crippen molar-refractivity contribution < 1.29 is 26.0 Å². The lowest BCUT2D eigenvalue weighted by Crippen LogP contribution is -2.35. The number of benzene rings is 1. The van der Waals surface area contributed by atoms with Gasteiger partial charge < -0.3 is 11.1 Å². The summed E-state index contributed by atoms with van der Waals surface area (Å²) in [7, 11) is -4.45. The van der Waals surface area contributed by atoms with Gasteiger partial charge in [-0.15, -0.1) is 12.4 Å². The maximum Gasteiger partial charge on any atom is 0.390 e. The van der Waals surface area contributed by atoms with Gasteiger partial charge in [0.15, 0.2) is 0 Å². The lowest BCUT2D eigenvalue weighted by atomic mass is 9.92. The number of pyridine rings is 1. The molecule has 1 aromatic carbocycles. The number of halogens is 5. The van der Waals surface area contributed by atoms with E-state index in [-0.39, 0.29) is 41.7 Å². The van der Waals surface area contributed by atoms with Gasteiger partial charge in [0.25, 0.3) is 5.56 Å². The minimum Gasteiger partial charge on any atom is -0.351 e. The van der Waals surface area contributed by atoms with Crippen LogP contribution in [0.5, 0.6) is 0 Å². The van der Waals surface area contributed by atoms with E-state index in [9.17, 15) is 30.8 Å². The topological polar surface area (TPSA) is 132 Å². The van der Waals surface area contributed by atoms with Gasteiger partial charge in [-0.25, -0.2) is 17.8 Å². The zero-order valence-corrected chi connectivity index (χ0v) is 23.5. The lowest BCUT2D eigenvalue weighted by Gasteiger charge is -2.27. The van der Waals surface area contributed by atoms with E-state index in [1.54, 1.807) is 20.0 Å². The molecule has 40 heavy (non-hydrogen) atoms. The van der Waals surface area contributed by atoms with Crippen molar-refractivity contribution in [1.29, 1.82) is 0 Å². The fraction of sp³-hybridized carbons (Fsp3) is 0.480. The Labute approximate surface area is 235 Å². The molecule has 0 aliphatic heterocycles. The quantitative estimate of drug-likeness (QED) is 0.308. The van der Waals surface area contributed by atoms with Crippen LogP contribution in [0.25, 0.3) is 22.2 Å². The molecule has 0 unspecified atom stereocenters. The predicted molar refractivity (Wildman–Crippen MR) is 149 cm³/mol. The van der Waals surface area contributed by atoms with Crippen LogP contribution in [-0.2, 0) is 10.0 Å². The van der Waals surface area contributed by atoms with E-state index in [0.29, 0.717) is 17.0 Å². The number of hydrogen-bond donors (Lipinski definition) is 3. The Kier molecular flexibility index (Phi) is 9.68. The zero-order chi connectivity index (χ0) is 28.5. The summed E-state index contributed by atoms with van der Waals surface area (Å²) in [6.45, 7) is 3.61. The first-order valence-corrected chi connectivity index (χ1v) is 14.2. The molecule has 0 amide bonds. The molecule has 0 spiro atoms. The Bertz CT molecular complexity index is 1530. The smallest absolute Gasteiger partial charge is 0.351 e. The van der Waals surface area contributed by atoms with Crippen LogP contribution >= 0.6 is 12.4 Å². The number of rotatable bonds is 8. The number of hydrogen-bond acceptors (Lipinski definition) is 7. The van der Waals surface area contributed by atoms with Gasteiger partial charge in [-0.3, -0.25) is 14.1 Å². The van der Waals surface area contributed by atoms with Crippen LogP contribution in [-0.4, -0.2) is 47.0 Å². The molecular weight excluding hydrogens is 576 g/mol. The van der Waals surface area contributed by atoms with Gasteiger partial charge in [0.1, 0.15) is 11.5 Å². The summed E-state index contributed by atoms with van der Waals surface area (Å²) in [4.78, 5) is 22.5. The van der Waals surface area contributed by atoms with E-state index < -0.39 is 45.4 Å². The zero-order valence-electron chi connectivity index (χ0n) is 21.8. The normalized spacial score (nSPS) is 18.0. The second kappa shape index (κ2) is 12.3. The molecular formula is C25H31ClF4N6O3S. The van der Waals surface area contributed by atoms with Gasteiger partial charge in [0, 0.05) is 35.3 Å². The third kappa shape index (κ3) is 7.61. The van der Waals surface area contributed by atoms with Crippen LogP contribution in [0.3, 0.4) is 0 Å². The summed E-state index contributed by atoms with van der Waals surface area (Å²) in [6, 6.07) is 4.79. The van der Waals surface area contributed by atoms with Crippen molar-refractivity contribution in [1.82, 2.24) is 14.5 Å². The second-order valence-corrected chi connectivity index (χ2v) is 11.9.